The molecule has 10 heteroatoms. The zero-order valence-corrected chi connectivity index (χ0v) is 25.0. The number of hydrogen-bond acceptors (Lipinski definition) is 8. The summed E-state index contributed by atoms with van der Waals surface area (Å²) in [7, 11) is 5.70. The fourth-order valence-corrected chi connectivity index (χ4v) is 5.94. The van der Waals surface area contributed by atoms with E-state index in [4.69, 9.17) is 9.72 Å². The molecule has 2 aliphatic rings. The topological polar surface area (TPSA) is 100 Å². The van der Waals surface area contributed by atoms with Crippen molar-refractivity contribution in [1.29, 1.82) is 0 Å². The molecule has 10 nitrogen and oxygen atoms in total. The monoisotopic (exact) mass is 566 g/mol. The summed E-state index contributed by atoms with van der Waals surface area (Å²) >= 11 is 0. The first-order valence-corrected chi connectivity index (χ1v) is 14.6. The fraction of sp³-hybridized carbons (Fsp3) is 0.375. The number of ether oxygens (including phenoxy) is 1. The van der Waals surface area contributed by atoms with E-state index in [1.54, 1.807) is 11.8 Å². The number of amides is 1. The molecule has 0 spiro atoms. The number of hydrogen-bond donors (Lipinski definition) is 2. The van der Waals surface area contributed by atoms with Crippen molar-refractivity contribution in [3.63, 3.8) is 0 Å². The van der Waals surface area contributed by atoms with Gasteiger partial charge in [-0.2, -0.15) is 5.10 Å². The molecule has 1 amide bonds. The number of nitrogens with one attached hydrogen (secondary N) is 2. The number of fused-ring (bicyclic) bond motifs is 3. The number of aryl methyl sites for hydroxylation is 4. The van der Waals surface area contributed by atoms with Crippen molar-refractivity contribution < 1.29 is 9.53 Å². The summed E-state index contributed by atoms with van der Waals surface area (Å²) in [4.78, 5) is 27.8. The maximum Gasteiger partial charge on any atom is 0.276 e. The Kier molecular flexibility index (Phi) is 7.55. The van der Waals surface area contributed by atoms with E-state index in [-0.39, 0.29) is 5.91 Å². The molecule has 4 aromatic rings. The van der Waals surface area contributed by atoms with Gasteiger partial charge in [0, 0.05) is 62.4 Å². The molecule has 1 fully saturated rings. The van der Waals surface area contributed by atoms with Gasteiger partial charge in [-0.25, -0.2) is 9.97 Å². The van der Waals surface area contributed by atoms with Gasteiger partial charge < -0.3 is 25.2 Å². The first-order chi connectivity index (χ1) is 20.4. The molecule has 218 valence electrons. The van der Waals surface area contributed by atoms with Crippen LogP contribution in [0.1, 0.15) is 39.7 Å². The SMILES string of the molecule is CCc1cccc(C)c1NC(=O)c1nn(C)c2c1CCc1cnc(Nc3ccc(N4CCN(C)CC4)cc3OC)nc1-2. The third kappa shape index (κ3) is 5.18. The van der Waals surface area contributed by atoms with Crippen LogP contribution in [0.25, 0.3) is 11.4 Å². The van der Waals surface area contributed by atoms with Crippen LogP contribution in [0.4, 0.5) is 23.0 Å². The van der Waals surface area contributed by atoms with E-state index < -0.39 is 0 Å². The van der Waals surface area contributed by atoms with Crippen molar-refractivity contribution >= 4 is 28.9 Å². The van der Waals surface area contributed by atoms with Gasteiger partial charge in [0.1, 0.15) is 5.75 Å². The van der Waals surface area contributed by atoms with Gasteiger partial charge >= 0.3 is 0 Å². The van der Waals surface area contributed by atoms with Crippen LogP contribution in [-0.2, 0) is 26.3 Å². The molecule has 1 saturated heterocycles. The van der Waals surface area contributed by atoms with Gasteiger partial charge in [-0.15, -0.1) is 0 Å². The van der Waals surface area contributed by atoms with Crippen LogP contribution in [0.5, 0.6) is 5.75 Å². The van der Waals surface area contributed by atoms with Gasteiger partial charge in [0.25, 0.3) is 5.91 Å². The number of nitrogens with zero attached hydrogens (tertiary/aromatic N) is 6. The first kappa shape index (κ1) is 27.7. The minimum atomic E-state index is -0.197. The highest BCUT2D eigenvalue weighted by atomic mass is 16.5. The van der Waals surface area contributed by atoms with E-state index in [9.17, 15) is 4.79 Å². The van der Waals surface area contributed by atoms with Crippen molar-refractivity contribution in [3.05, 3.63) is 70.5 Å². The number of aromatic nitrogens is 4. The Hall–Kier alpha value is -4.44. The number of benzene rings is 2. The molecule has 3 heterocycles. The van der Waals surface area contributed by atoms with Gasteiger partial charge in [-0.1, -0.05) is 25.1 Å². The van der Waals surface area contributed by atoms with Crippen molar-refractivity contribution in [2.45, 2.75) is 33.1 Å². The highest BCUT2D eigenvalue weighted by Crippen LogP contribution is 2.36. The Morgan fingerprint density at radius 1 is 1.07 bits per heavy atom. The molecule has 0 radical (unpaired) electrons. The lowest BCUT2D eigenvalue weighted by Crippen LogP contribution is -2.44. The number of para-hydroxylation sites is 1. The molecular weight excluding hydrogens is 528 g/mol. The number of carbonyl (C=O) groups excluding carboxylic acids is 1. The third-order valence-corrected chi connectivity index (χ3v) is 8.37. The van der Waals surface area contributed by atoms with Crippen LogP contribution in [0, 0.1) is 6.92 Å². The predicted molar refractivity (Wildman–Crippen MR) is 166 cm³/mol. The molecule has 0 unspecified atom stereocenters. The Morgan fingerprint density at radius 2 is 1.88 bits per heavy atom. The van der Waals surface area contributed by atoms with Gasteiger partial charge in [0.15, 0.2) is 5.69 Å². The maximum absolute atomic E-state index is 13.5. The minimum Gasteiger partial charge on any atom is -0.494 e. The molecule has 2 N–H and O–H groups in total. The van der Waals surface area contributed by atoms with Crippen LogP contribution >= 0.6 is 0 Å². The number of piperazine rings is 1. The van der Waals surface area contributed by atoms with Gasteiger partial charge in [0.05, 0.1) is 24.2 Å². The van der Waals surface area contributed by atoms with Gasteiger partial charge in [-0.05, 0) is 62.1 Å². The van der Waals surface area contributed by atoms with Crippen LogP contribution in [-0.4, -0.2) is 70.9 Å². The van der Waals surface area contributed by atoms with E-state index in [1.807, 2.05) is 44.4 Å². The van der Waals surface area contributed by atoms with E-state index in [2.05, 4.69) is 56.6 Å². The first-order valence-electron chi connectivity index (χ1n) is 14.6. The molecule has 42 heavy (non-hydrogen) atoms. The van der Waals surface area contributed by atoms with Crippen LogP contribution in [0.3, 0.4) is 0 Å². The second-order valence-electron chi connectivity index (χ2n) is 11.1. The summed E-state index contributed by atoms with van der Waals surface area (Å²) < 4.78 is 7.51. The number of anilines is 4. The summed E-state index contributed by atoms with van der Waals surface area (Å²) in [6.07, 6.45) is 4.14. The normalized spacial score (nSPS) is 14.7. The molecule has 0 bridgehead atoms. The molecular formula is C32H38N8O2. The van der Waals surface area contributed by atoms with Crippen LogP contribution < -0.4 is 20.3 Å². The smallest absolute Gasteiger partial charge is 0.276 e. The van der Waals surface area contributed by atoms with Crippen molar-refractivity contribution in [2.24, 2.45) is 7.05 Å². The quantitative estimate of drug-likeness (QED) is 0.335. The number of methoxy groups -OCH3 is 1. The standard InChI is InChI=1S/C32H38N8O2/c1-6-21-9-7-8-20(2)27(21)35-31(41)29-24-12-10-22-19-33-32(36-28(22)30(24)39(4)37-29)34-25-13-11-23(18-26(25)42-5)40-16-14-38(3)15-17-40/h7-9,11,13,18-19H,6,10,12,14-17H2,1-5H3,(H,35,41)(H,33,34,36). The lowest BCUT2D eigenvalue weighted by atomic mass is 9.93. The van der Waals surface area contributed by atoms with Crippen LogP contribution in [0.2, 0.25) is 0 Å². The number of carbonyl (C=O) groups is 1. The minimum absolute atomic E-state index is 0.197. The predicted octanol–water partition coefficient (Wildman–Crippen LogP) is 4.60. The molecule has 0 saturated carbocycles. The molecule has 2 aromatic heterocycles. The summed E-state index contributed by atoms with van der Waals surface area (Å²) in [5.74, 6) is 0.999. The average Bonchev–Trinajstić information content (AvgIpc) is 3.35. The summed E-state index contributed by atoms with van der Waals surface area (Å²) in [5, 5.41) is 11.2. The van der Waals surface area contributed by atoms with Gasteiger partial charge in [0.2, 0.25) is 5.95 Å². The van der Waals surface area contributed by atoms with E-state index in [0.717, 1.165) is 95.5 Å². The van der Waals surface area contributed by atoms with E-state index >= 15 is 0 Å². The summed E-state index contributed by atoms with van der Waals surface area (Å²) in [6, 6.07) is 12.3. The number of likely N-dealkylation sites (N-methyl/N-ethyl adjacent to an activating group) is 1. The fourth-order valence-electron chi connectivity index (χ4n) is 5.94. The third-order valence-electron chi connectivity index (χ3n) is 8.37. The Morgan fingerprint density at radius 3 is 2.64 bits per heavy atom. The van der Waals surface area contributed by atoms with Crippen LogP contribution in [0.15, 0.2) is 42.6 Å². The van der Waals surface area contributed by atoms with Crippen molar-refractivity contribution in [3.8, 4) is 17.1 Å². The molecule has 0 atom stereocenters. The maximum atomic E-state index is 13.5. The van der Waals surface area contributed by atoms with Gasteiger partial charge in [-0.3, -0.25) is 9.48 Å². The summed E-state index contributed by atoms with van der Waals surface area (Å²) in [5.41, 5.74) is 8.97. The van der Waals surface area contributed by atoms with Crippen molar-refractivity contribution in [1.82, 2.24) is 24.6 Å². The highest BCUT2D eigenvalue weighted by molar-refractivity contribution is 6.05. The van der Waals surface area contributed by atoms with E-state index in [0.29, 0.717) is 18.1 Å². The molecule has 2 aromatic carbocycles. The highest BCUT2D eigenvalue weighted by Gasteiger charge is 2.29. The second kappa shape index (κ2) is 11.4. The Balaban J connectivity index is 1.27. The zero-order chi connectivity index (χ0) is 29.4. The summed E-state index contributed by atoms with van der Waals surface area (Å²) in [6.45, 7) is 8.15. The molecule has 1 aliphatic carbocycles. The van der Waals surface area contributed by atoms with Crippen molar-refractivity contribution in [2.75, 3.05) is 55.9 Å². The second-order valence-corrected chi connectivity index (χ2v) is 11.1. The average molecular weight is 567 g/mol. The number of rotatable bonds is 7. The molecule has 1 aliphatic heterocycles. The largest absolute Gasteiger partial charge is 0.494 e. The molecule has 6 rings (SSSR count). The Bertz CT molecular complexity index is 1640. The lowest BCUT2D eigenvalue weighted by molar-refractivity contribution is 0.102. The Labute approximate surface area is 246 Å². The van der Waals surface area contributed by atoms with E-state index in [1.165, 1.54) is 0 Å². The zero-order valence-electron chi connectivity index (χ0n) is 25.0. The lowest BCUT2D eigenvalue weighted by Gasteiger charge is -2.34.